The first-order chi connectivity index (χ1) is 23.8. The SMILES string of the molecule is C=C(COC)C(=O)Oc1ccc(-c2ccc(-c3ccc(OC(=O)C(=C)COC)cc3C3CCC(C4CCC(CCC)CC4)CC3)cc2)cc1. The Kier molecular flexibility index (Phi) is 13.0. The highest BCUT2D eigenvalue weighted by Crippen LogP contribution is 2.47. The van der Waals surface area contributed by atoms with E-state index in [0.29, 0.717) is 23.0 Å². The molecule has 49 heavy (non-hydrogen) atoms. The van der Waals surface area contributed by atoms with Crippen molar-refractivity contribution in [3.05, 3.63) is 96.6 Å². The van der Waals surface area contributed by atoms with Crippen LogP contribution in [0.1, 0.15) is 82.6 Å². The Balaban J connectivity index is 1.32. The highest BCUT2D eigenvalue weighted by Gasteiger charge is 2.32. The molecule has 0 atom stereocenters. The normalized spacial score (nSPS) is 20.7. The van der Waals surface area contributed by atoms with E-state index in [1.807, 2.05) is 18.2 Å². The molecule has 0 saturated heterocycles. The monoisotopic (exact) mass is 664 g/mol. The highest BCUT2D eigenvalue weighted by molar-refractivity contribution is 5.90. The molecule has 0 bridgehead atoms. The lowest BCUT2D eigenvalue weighted by Crippen LogP contribution is -2.25. The van der Waals surface area contributed by atoms with Gasteiger partial charge < -0.3 is 18.9 Å². The summed E-state index contributed by atoms with van der Waals surface area (Å²) in [6, 6.07) is 22.1. The molecule has 0 spiro atoms. The second-order valence-electron chi connectivity index (χ2n) is 13.9. The lowest BCUT2D eigenvalue weighted by Gasteiger charge is -2.38. The first-order valence-corrected chi connectivity index (χ1v) is 17.9. The van der Waals surface area contributed by atoms with E-state index in [1.54, 1.807) is 19.2 Å². The molecule has 2 aliphatic carbocycles. The molecule has 5 rings (SSSR count). The van der Waals surface area contributed by atoms with Crippen LogP contribution in [0.5, 0.6) is 11.5 Å². The minimum Gasteiger partial charge on any atom is -0.423 e. The maximum Gasteiger partial charge on any atom is 0.341 e. The summed E-state index contributed by atoms with van der Waals surface area (Å²) >= 11 is 0. The number of rotatable bonds is 14. The van der Waals surface area contributed by atoms with Gasteiger partial charge in [0, 0.05) is 14.2 Å². The van der Waals surface area contributed by atoms with Gasteiger partial charge in [-0.3, -0.25) is 0 Å². The Labute approximate surface area is 292 Å². The fourth-order valence-electron chi connectivity index (χ4n) is 7.85. The molecule has 2 saturated carbocycles. The van der Waals surface area contributed by atoms with Crippen molar-refractivity contribution in [3.8, 4) is 33.8 Å². The zero-order valence-corrected chi connectivity index (χ0v) is 29.5. The third-order valence-corrected chi connectivity index (χ3v) is 10.5. The topological polar surface area (TPSA) is 71.1 Å². The van der Waals surface area contributed by atoms with Crippen LogP contribution < -0.4 is 9.47 Å². The highest BCUT2D eigenvalue weighted by atomic mass is 16.5. The molecule has 2 aliphatic rings. The van der Waals surface area contributed by atoms with Gasteiger partial charge in [0.05, 0.1) is 24.4 Å². The van der Waals surface area contributed by atoms with Gasteiger partial charge in [-0.2, -0.15) is 0 Å². The van der Waals surface area contributed by atoms with Crippen molar-refractivity contribution in [3.63, 3.8) is 0 Å². The van der Waals surface area contributed by atoms with E-state index in [9.17, 15) is 9.59 Å². The van der Waals surface area contributed by atoms with Gasteiger partial charge >= 0.3 is 11.9 Å². The predicted octanol–water partition coefficient (Wildman–Crippen LogP) is 10.1. The van der Waals surface area contributed by atoms with E-state index in [1.165, 1.54) is 69.6 Å². The molecule has 0 heterocycles. The largest absolute Gasteiger partial charge is 0.423 e. The van der Waals surface area contributed by atoms with Gasteiger partial charge in [-0.05, 0) is 114 Å². The summed E-state index contributed by atoms with van der Waals surface area (Å²) in [5, 5.41) is 0. The van der Waals surface area contributed by atoms with Crippen molar-refractivity contribution >= 4 is 11.9 Å². The van der Waals surface area contributed by atoms with Crippen LogP contribution in [0.15, 0.2) is 91.0 Å². The molecular weight excluding hydrogens is 612 g/mol. The lowest BCUT2D eigenvalue weighted by atomic mass is 9.67. The molecule has 0 aromatic heterocycles. The summed E-state index contributed by atoms with van der Waals surface area (Å²) in [6.45, 7) is 10.1. The van der Waals surface area contributed by atoms with Gasteiger partial charge in [-0.1, -0.05) is 88.2 Å². The first kappa shape index (κ1) is 36.3. The third-order valence-electron chi connectivity index (χ3n) is 10.5. The quantitative estimate of drug-likeness (QED) is 0.0971. The molecule has 6 heteroatoms. The number of hydrogen-bond acceptors (Lipinski definition) is 6. The van der Waals surface area contributed by atoms with E-state index >= 15 is 0 Å². The number of methoxy groups -OCH3 is 2. The van der Waals surface area contributed by atoms with E-state index < -0.39 is 11.9 Å². The Morgan fingerprint density at radius 3 is 1.63 bits per heavy atom. The average molecular weight is 665 g/mol. The number of carbonyl (C=O) groups is 2. The number of carbonyl (C=O) groups excluding carboxylic acids is 2. The summed E-state index contributed by atoms with van der Waals surface area (Å²) in [5.74, 6) is 3.06. The standard InChI is InChI=1S/C43H52O6/c1-6-7-31-8-10-32(11-9-31)33-14-18-37(19-15-33)41-26-39(49-43(45)30(3)28-47-5)24-25-40(41)36-16-12-34(13-17-36)35-20-22-38(23-21-35)48-42(44)29(2)27-46-4/h12-13,16-17,20-26,31-33,37H,2-3,6-11,14-15,18-19,27-28H2,1,4-5H3. The Bertz CT molecular complexity index is 1570. The fourth-order valence-corrected chi connectivity index (χ4v) is 7.85. The van der Waals surface area contributed by atoms with E-state index in [0.717, 1.165) is 47.3 Å². The number of benzene rings is 3. The Morgan fingerprint density at radius 2 is 1.10 bits per heavy atom. The molecule has 3 aromatic carbocycles. The average Bonchev–Trinajstić information content (AvgIpc) is 3.13. The second kappa shape index (κ2) is 17.6. The summed E-state index contributed by atoms with van der Waals surface area (Å²) in [5.41, 5.74) is 6.17. The van der Waals surface area contributed by atoms with E-state index in [-0.39, 0.29) is 18.8 Å². The van der Waals surface area contributed by atoms with Crippen molar-refractivity contribution in [2.75, 3.05) is 27.4 Å². The third kappa shape index (κ3) is 9.58. The number of ether oxygens (including phenoxy) is 4. The molecular formula is C43H52O6. The van der Waals surface area contributed by atoms with Crippen LogP contribution in [0.25, 0.3) is 22.3 Å². The van der Waals surface area contributed by atoms with Crippen LogP contribution >= 0.6 is 0 Å². The summed E-state index contributed by atoms with van der Waals surface area (Å²) < 4.78 is 21.2. The molecule has 3 aromatic rings. The number of esters is 2. The van der Waals surface area contributed by atoms with Crippen LogP contribution in [0.4, 0.5) is 0 Å². The molecule has 0 unspecified atom stereocenters. The van der Waals surface area contributed by atoms with E-state index in [2.05, 4.69) is 56.5 Å². The predicted molar refractivity (Wildman–Crippen MR) is 196 cm³/mol. The molecule has 0 radical (unpaired) electrons. The van der Waals surface area contributed by atoms with Crippen LogP contribution in [0, 0.1) is 17.8 Å². The van der Waals surface area contributed by atoms with Gasteiger partial charge in [0.2, 0.25) is 0 Å². The van der Waals surface area contributed by atoms with Crippen LogP contribution in [-0.2, 0) is 19.1 Å². The summed E-state index contributed by atoms with van der Waals surface area (Å²) in [4.78, 5) is 24.9. The minimum atomic E-state index is -0.501. The van der Waals surface area contributed by atoms with Gasteiger partial charge in [0.25, 0.3) is 0 Å². The van der Waals surface area contributed by atoms with Crippen molar-refractivity contribution in [1.82, 2.24) is 0 Å². The Morgan fingerprint density at radius 1 is 0.633 bits per heavy atom. The van der Waals surface area contributed by atoms with Crippen molar-refractivity contribution < 1.29 is 28.5 Å². The maximum absolute atomic E-state index is 12.7. The molecule has 2 fully saturated rings. The number of hydrogen-bond donors (Lipinski definition) is 0. The molecule has 0 N–H and O–H groups in total. The molecule has 0 aliphatic heterocycles. The van der Waals surface area contributed by atoms with Gasteiger partial charge in [0.1, 0.15) is 11.5 Å². The van der Waals surface area contributed by atoms with Gasteiger partial charge in [-0.15, -0.1) is 0 Å². The smallest absolute Gasteiger partial charge is 0.341 e. The Hall–Kier alpha value is -4.00. The van der Waals surface area contributed by atoms with Crippen LogP contribution in [-0.4, -0.2) is 39.4 Å². The van der Waals surface area contributed by atoms with Gasteiger partial charge in [0.15, 0.2) is 0 Å². The summed E-state index contributed by atoms with van der Waals surface area (Å²) in [7, 11) is 3.05. The second-order valence-corrected chi connectivity index (χ2v) is 13.9. The first-order valence-electron chi connectivity index (χ1n) is 17.9. The van der Waals surface area contributed by atoms with Crippen LogP contribution in [0.3, 0.4) is 0 Å². The van der Waals surface area contributed by atoms with Crippen molar-refractivity contribution in [2.24, 2.45) is 17.8 Å². The molecule has 260 valence electrons. The van der Waals surface area contributed by atoms with Crippen molar-refractivity contribution in [2.45, 2.75) is 77.0 Å². The van der Waals surface area contributed by atoms with Crippen molar-refractivity contribution in [1.29, 1.82) is 0 Å². The molecule has 0 amide bonds. The minimum absolute atomic E-state index is 0.129. The molecule has 6 nitrogen and oxygen atoms in total. The zero-order chi connectivity index (χ0) is 34.8. The summed E-state index contributed by atoms with van der Waals surface area (Å²) in [6.07, 6.45) is 13.1. The zero-order valence-electron chi connectivity index (χ0n) is 29.5. The fraction of sp³-hybridized carbons (Fsp3) is 0.442. The van der Waals surface area contributed by atoms with Gasteiger partial charge in [-0.25, -0.2) is 9.59 Å². The lowest BCUT2D eigenvalue weighted by molar-refractivity contribution is -0.131. The van der Waals surface area contributed by atoms with Crippen LogP contribution in [0.2, 0.25) is 0 Å². The maximum atomic E-state index is 12.7. The van der Waals surface area contributed by atoms with E-state index in [4.69, 9.17) is 18.9 Å².